The first kappa shape index (κ1) is 18.9. The Balaban J connectivity index is 1.34. The Labute approximate surface area is 170 Å². The normalized spacial score (nSPS) is 18.5. The second-order valence-electron chi connectivity index (χ2n) is 7.66. The minimum Gasteiger partial charge on any atom is -0.349 e. The summed E-state index contributed by atoms with van der Waals surface area (Å²) >= 11 is 6.00. The van der Waals surface area contributed by atoms with Crippen molar-refractivity contribution in [2.24, 2.45) is 11.8 Å². The molecule has 1 aliphatic carbocycles. The van der Waals surface area contributed by atoms with Gasteiger partial charge < -0.3 is 10.2 Å². The van der Waals surface area contributed by atoms with Crippen molar-refractivity contribution in [3.8, 4) is 0 Å². The average molecular weight is 398 g/mol. The fourth-order valence-corrected chi connectivity index (χ4v) is 3.97. The Hall–Kier alpha value is -2.40. The molecule has 2 amide bonds. The van der Waals surface area contributed by atoms with Crippen LogP contribution in [-0.4, -0.2) is 34.8 Å². The first-order valence-corrected chi connectivity index (χ1v) is 10.3. The van der Waals surface area contributed by atoms with Gasteiger partial charge in [-0.05, 0) is 61.4 Å². The van der Waals surface area contributed by atoms with Gasteiger partial charge in [0, 0.05) is 30.2 Å². The van der Waals surface area contributed by atoms with Gasteiger partial charge in [-0.2, -0.15) is 0 Å². The van der Waals surface area contributed by atoms with Crippen LogP contribution in [0.4, 0.5) is 0 Å². The van der Waals surface area contributed by atoms with Crippen molar-refractivity contribution < 1.29 is 9.59 Å². The molecule has 1 aromatic carbocycles. The molecule has 0 unspecified atom stereocenters. The number of amides is 2. The molecule has 0 spiro atoms. The molecular weight excluding hydrogens is 374 g/mol. The number of hydrogen-bond acceptors (Lipinski definition) is 3. The highest BCUT2D eigenvalue weighted by atomic mass is 35.5. The summed E-state index contributed by atoms with van der Waals surface area (Å²) in [5.41, 5.74) is 1.57. The molecule has 1 saturated carbocycles. The van der Waals surface area contributed by atoms with Crippen LogP contribution in [0.3, 0.4) is 0 Å². The van der Waals surface area contributed by atoms with Crippen LogP contribution in [0.15, 0.2) is 48.7 Å². The van der Waals surface area contributed by atoms with E-state index in [0.717, 1.165) is 18.4 Å². The minimum atomic E-state index is -0.0588. The van der Waals surface area contributed by atoms with Gasteiger partial charge in [0.25, 0.3) is 5.91 Å². The smallest absolute Gasteiger partial charge is 0.272 e. The van der Waals surface area contributed by atoms with Crippen molar-refractivity contribution in [2.45, 2.75) is 31.7 Å². The third-order valence-corrected chi connectivity index (χ3v) is 5.91. The van der Waals surface area contributed by atoms with Crippen LogP contribution in [0.2, 0.25) is 5.02 Å². The summed E-state index contributed by atoms with van der Waals surface area (Å²) < 4.78 is 0. The maximum atomic E-state index is 12.9. The molecule has 1 saturated heterocycles. The molecule has 2 aliphatic rings. The Morgan fingerprint density at radius 1 is 1.04 bits per heavy atom. The summed E-state index contributed by atoms with van der Waals surface area (Å²) in [7, 11) is 0. The van der Waals surface area contributed by atoms with Gasteiger partial charge in [0.2, 0.25) is 5.91 Å². The van der Waals surface area contributed by atoms with E-state index in [4.69, 9.17) is 11.6 Å². The molecule has 0 radical (unpaired) electrons. The number of halogens is 1. The van der Waals surface area contributed by atoms with E-state index in [9.17, 15) is 9.59 Å². The largest absolute Gasteiger partial charge is 0.349 e. The lowest BCUT2D eigenvalue weighted by Crippen LogP contribution is -2.44. The lowest BCUT2D eigenvalue weighted by atomic mass is 9.94. The molecule has 5 nitrogen and oxygen atoms in total. The number of likely N-dealkylation sites (tertiary alicyclic amines) is 1. The summed E-state index contributed by atoms with van der Waals surface area (Å²) in [5.74, 6) is 0.491. The third kappa shape index (κ3) is 4.36. The number of aromatic nitrogens is 1. The highest BCUT2D eigenvalue weighted by Crippen LogP contribution is 2.41. The minimum absolute atomic E-state index is 0.0537. The van der Waals surface area contributed by atoms with Crippen LogP contribution in [0.25, 0.3) is 0 Å². The SMILES string of the molecule is O=C(N[C@H](c1ccc(Cl)cc1)C1CC1)C1CCN(C(=O)c2ccccn2)CC1. The van der Waals surface area contributed by atoms with E-state index in [1.807, 2.05) is 30.3 Å². The monoisotopic (exact) mass is 397 g/mol. The van der Waals surface area contributed by atoms with Crippen molar-refractivity contribution in [1.82, 2.24) is 15.2 Å². The topological polar surface area (TPSA) is 62.3 Å². The lowest BCUT2D eigenvalue weighted by Gasteiger charge is -2.32. The molecule has 6 heteroatoms. The molecule has 146 valence electrons. The highest BCUT2D eigenvalue weighted by molar-refractivity contribution is 6.30. The average Bonchev–Trinajstić information content (AvgIpc) is 3.58. The number of rotatable bonds is 5. The number of pyridine rings is 1. The molecule has 28 heavy (non-hydrogen) atoms. The zero-order chi connectivity index (χ0) is 19.5. The fourth-order valence-electron chi connectivity index (χ4n) is 3.84. The first-order valence-electron chi connectivity index (χ1n) is 9.88. The van der Waals surface area contributed by atoms with Gasteiger partial charge in [-0.3, -0.25) is 14.6 Å². The quantitative estimate of drug-likeness (QED) is 0.833. The predicted octanol–water partition coefficient (Wildman–Crippen LogP) is 3.85. The summed E-state index contributed by atoms with van der Waals surface area (Å²) in [6, 6.07) is 13.1. The Kier molecular flexibility index (Phi) is 5.62. The summed E-state index contributed by atoms with van der Waals surface area (Å²) in [6.07, 6.45) is 5.28. The number of nitrogens with one attached hydrogen (secondary N) is 1. The molecule has 1 atom stereocenters. The molecule has 1 aromatic heterocycles. The summed E-state index contributed by atoms with van der Waals surface area (Å²) in [4.78, 5) is 31.3. The fraction of sp³-hybridized carbons (Fsp3) is 0.409. The van der Waals surface area contributed by atoms with Crippen LogP contribution in [0.1, 0.15) is 47.8 Å². The summed E-state index contributed by atoms with van der Waals surface area (Å²) in [5, 5.41) is 3.97. The zero-order valence-corrected chi connectivity index (χ0v) is 16.4. The Morgan fingerprint density at radius 2 is 1.75 bits per heavy atom. The number of piperidine rings is 1. The van der Waals surface area contributed by atoms with Gasteiger partial charge in [-0.25, -0.2) is 0 Å². The molecule has 2 fully saturated rings. The van der Waals surface area contributed by atoms with Crippen LogP contribution in [0, 0.1) is 11.8 Å². The second-order valence-corrected chi connectivity index (χ2v) is 8.09. The molecule has 1 aliphatic heterocycles. The highest BCUT2D eigenvalue weighted by Gasteiger charge is 2.35. The summed E-state index contributed by atoms with van der Waals surface area (Å²) in [6.45, 7) is 1.17. The van der Waals surface area contributed by atoms with Crippen LogP contribution < -0.4 is 5.32 Å². The van der Waals surface area contributed by atoms with E-state index in [-0.39, 0.29) is 23.8 Å². The third-order valence-electron chi connectivity index (χ3n) is 5.66. The van der Waals surface area contributed by atoms with Gasteiger partial charge in [0.05, 0.1) is 6.04 Å². The van der Waals surface area contributed by atoms with Crippen molar-refractivity contribution in [2.75, 3.05) is 13.1 Å². The maximum absolute atomic E-state index is 12.9. The van der Waals surface area contributed by atoms with Gasteiger partial charge in [-0.15, -0.1) is 0 Å². The molecule has 0 bridgehead atoms. The van der Waals surface area contributed by atoms with Crippen molar-refractivity contribution in [3.63, 3.8) is 0 Å². The number of carbonyl (C=O) groups is 2. The standard InChI is InChI=1S/C22H24ClN3O2/c23-18-8-6-16(7-9-18)20(15-4-5-15)25-21(27)17-10-13-26(14-11-17)22(28)19-3-1-2-12-24-19/h1-3,6-9,12,15,17,20H,4-5,10-11,13-14H2,(H,25,27)/t20-/m0/s1. The van der Waals surface area contributed by atoms with Gasteiger partial charge in [0.15, 0.2) is 0 Å². The van der Waals surface area contributed by atoms with E-state index < -0.39 is 0 Å². The van der Waals surface area contributed by atoms with Gasteiger partial charge in [-0.1, -0.05) is 29.8 Å². The van der Waals surface area contributed by atoms with Crippen molar-refractivity contribution >= 4 is 23.4 Å². The Bertz CT molecular complexity index is 829. The molecule has 2 heterocycles. The van der Waals surface area contributed by atoms with Crippen LogP contribution >= 0.6 is 11.6 Å². The van der Waals surface area contributed by atoms with E-state index in [1.165, 1.54) is 0 Å². The second kappa shape index (κ2) is 8.31. The number of benzene rings is 1. The van der Waals surface area contributed by atoms with Crippen LogP contribution in [-0.2, 0) is 4.79 Å². The molecule has 1 N–H and O–H groups in total. The van der Waals surface area contributed by atoms with E-state index >= 15 is 0 Å². The van der Waals surface area contributed by atoms with E-state index in [1.54, 1.807) is 23.2 Å². The van der Waals surface area contributed by atoms with Gasteiger partial charge >= 0.3 is 0 Å². The molecule has 4 rings (SSSR count). The van der Waals surface area contributed by atoms with E-state index in [0.29, 0.717) is 42.6 Å². The van der Waals surface area contributed by atoms with Crippen molar-refractivity contribution in [1.29, 1.82) is 0 Å². The first-order chi connectivity index (χ1) is 13.6. The van der Waals surface area contributed by atoms with Crippen LogP contribution in [0.5, 0.6) is 0 Å². The number of carbonyl (C=O) groups excluding carboxylic acids is 2. The number of hydrogen-bond donors (Lipinski definition) is 1. The predicted molar refractivity (Wildman–Crippen MR) is 108 cm³/mol. The zero-order valence-electron chi connectivity index (χ0n) is 15.7. The lowest BCUT2D eigenvalue weighted by molar-refractivity contribution is -0.127. The molecular formula is C22H24ClN3O2. The van der Waals surface area contributed by atoms with Gasteiger partial charge in [0.1, 0.15) is 5.69 Å². The number of nitrogens with zero attached hydrogens (tertiary/aromatic N) is 2. The van der Waals surface area contributed by atoms with E-state index in [2.05, 4.69) is 10.3 Å². The molecule has 2 aromatic rings. The maximum Gasteiger partial charge on any atom is 0.272 e. The Morgan fingerprint density at radius 3 is 2.36 bits per heavy atom. The van der Waals surface area contributed by atoms with Crippen molar-refractivity contribution in [3.05, 3.63) is 64.9 Å².